The van der Waals surface area contributed by atoms with Crippen molar-refractivity contribution in [3.63, 3.8) is 0 Å². The molecule has 0 bridgehead atoms. The van der Waals surface area contributed by atoms with Gasteiger partial charge < -0.3 is 14.7 Å². The molecule has 5 heteroatoms. The number of aliphatic hydroxyl groups excluding tert-OH is 1. The van der Waals surface area contributed by atoms with Gasteiger partial charge in [-0.3, -0.25) is 0 Å². The molecule has 106 valence electrons. The summed E-state index contributed by atoms with van der Waals surface area (Å²) in [4.78, 5) is 8.25. The van der Waals surface area contributed by atoms with E-state index in [1.54, 1.807) is 18.4 Å². The third-order valence-corrected chi connectivity index (χ3v) is 5.36. The summed E-state index contributed by atoms with van der Waals surface area (Å²) in [6.45, 7) is 2.96. The van der Waals surface area contributed by atoms with Gasteiger partial charge >= 0.3 is 0 Å². The number of rotatable bonds is 3. The van der Waals surface area contributed by atoms with Crippen LogP contribution >= 0.6 is 11.3 Å². The summed E-state index contributed by atoms with van der Waals surface area (Å²) < 4.78 is 5.28. The van der Waals surface area contributed by atoms with Crippen LogP contribution in [-0.4, -0.2) is 36.9 Å². The van der Waals surface area contributed by atoms with Gasteiger partial charge in [-0.1, -0.05) is 11.3 Å². The van der Waals surface area contributed by atoms with Gasteiger partial charge in [0.2, 0.25) is 0 Å². The van der Waals surface area contributed by atoms with Crippen LogP contribution in [0.25, 0.3) is 0 Å². The number of aromatic nitrogens is 1. The van der Waals surface area contributed by atoms with Gasteiger partial charge in [0.25, 0.3) is 0 Å². The zero-order valence-corrected chi connectivity index (χ0v) is 12.3. The molecule has 2 unspecified atom stereocenters. The van der Waals surface area contributed by atoms with Gasteiger partial charge in [0, 0.05) is 20.2 Å². The Morgan fingerprint density at radius 2 is 2.32 bits per heavy atom. The Hall–Kier alpha value is -0.650. The summed E-state index contributed by atoms with van der Waals surface area (Å²) in [5.74, 6) is 0.615. The molecule has 19 heavy (non-hydrogen) atoms. The summed E-state index contributed by atoms with van der Waals surface area (Å²) in [7, 11) is 1.78. The molecule has 4 nitrogen and oxygen atoms in total. The molecule has 0 aromatic carbocycles. The van der Waals surface area contributed by atoms with Crippen molar-refractivity contribution in [1.29, 1.82) is 0 Å². The first-order chi connectivity index (χ1) is 9.28. The molecule has 2 atom stereocenters. The number of ether oxygens (including phenoxy) is 1. The number of thiazole rings is 1. The number of nitrogens with zero attached hydrogens (tertiary/aromatic N) is 2. The van der Waals surface area contributed by atoms with E-state index in [1.165, 1.54) is 12.8 Å². The fourth-order valence-corrected chi connectivity index (χ4v) is 4.30. The van der Waals surface area contributed by atoms with Crippen LogP contribution in [0.1, 0.15) is 42.4 Å². The smallest absolute Gasteiger partial charge is 0.185 e. The lowest BCUT2D eigenvalue weighted by Gasteiger charge is -2.32. The van der Waals surface area contributed by atoms with E-state index in [-0.39, 0.29) is 6.10 Å². The van der Waals surface area contributed by atoms with Crippen LogP contribution in [0.4, 0.5) is 5.13 Å². The number of hydrogen-bond donors (Lipinski definition) is 1. The molecule has 0 spiro atoms. The first kappa shape index (κ1) is 13.3. The minimum absolute atomic E-state index is 0.283. The number of hydrogen-bond acceptors (Lipinski definition) is 5. The molecular weight excluding hydrogens is 260 g/mol. The molecule has 1 saturated heterocycles. The summed E-state index contributed by atoms with van der Waals surface area (Å²) in [5.41, 5.74) is 1.13. The minimum Gasteiger partial charge on any atom is -0.388 e. The summed E-state index contributed by atoms with van der Waals surface area (Å²) in [6.07, 6.45) is 5.15. The van der Waals surface area contributed by atoms with Gasteiger partial charge in [-0.15, -0.1) is 0 Å². The fourth-order valence-electron chi connectivity index (χ4n) is 3.13. The second-order valence-corrected chi connectivity index (χ2v) is 6.63. The van der Waals surface area contributed by atoms with Crippen molar-refractivity contribution >= 4 is 16.5 Å². The summed E-state index contributed by atoms with van der Waals surface area (Å²) in [6, 6.07) is 0. The fraction of sp³-hybridized carbons (Fsp3) is 0.786. The molecule has 0 radical (unpaired) electrons. The third kappa shape index (κ3) is 2.78. The highest BCUT2D eigenvalue weighted by atomic mass is 32.1. The molecule has 2 heterocycles. The number of aliphatic hydroxyl groups is 1. The molecule has 0 saturated carbocycles. The summed E-state index contributed by atoms with van der Waals surface area (Å²) in [5, 5.41) is 11.1. The van der Waals surface area contributed by atoms with Crippen LogP contribution in [0.3, 0.4) is 0 Å². The van der Waals surface area contributed by atoms with E-state index in [2.05, 4.69) is 4.90 Å². The van der Waals surface area contributed by atoms with E-state index in [1.807, 2.05) is 0 Å². The Balaban J connectivity index is 1.75. The van der Waals surface area contributed by atoms with Gasteiger partial charge in [-0.25, -0.2) is 4.98 Å². The van der Waals surface area contributed by atoms with E-state index in [9.17, 15) is 5.11 Å². The van der Waals surface area contributed by atoms with E-state index < -0.39 is 0 Å². The van der Waals surface area contributed by atoms with Crippen molar-refractivity contribution in [2.75, 3.05) is 31.7 Å². The van der Waals surface area contributed by atoms with E-state index in [4.69, 9.17) is 9.72 Å². The predicted molar refractivity (Wildman–Crippen MR) is 76.8 cm³/mol. The van der Waals surface area contributed by atoms with Crippen LogP contribution in [0, 0.1) is 5.92 Å². The van der Waals surface area contributed by atoms with Crippen LogP contribution in [0.5, 0.6) is 0 Å². The number of methoxy groups -OCH3 is 1. The molecule has 3 rings (SSSR count). The van der Waals surface area contributed by atoms with Crippen molar-refractivity contribution in [2.24, 2.45) is 5.92 Å². The molecule has 1 aliphatic heterocycles. The van der Waals surface area contributed by atoms with Gasteiger partial charge in [0.05, 0.1) is 23.3 Å². The van der Waals surface area contributed by atoms with Gasteiger partial charge in [0.1, 0.15) is 0 Å². The minimum atomic E-state index is -0.283. The van der Waals surface area contributed by atoms with Crippen molar-refractivity contribution in [2.45, 2.75) is 38.2 Å². The lowest BCUT2D eigenvalue weighted by molar-refractivity contribution is 0.143. The Kier molecular flexibility index (Phi) is 4.05. The van der Waals surface area contributed by atoms with Crippen LogP contribution in [0.15, 0.2) is 0 Å². The largest absolute Gasteiger partial charge is 0.388 e. The number of piperidine rings is 1. The van der Waals surface area contributed by atoms with E-state index in [0.29, 0.717) is 5.92 Å². The summed E-state index contributed by atoms with van der Waals surface area (Å²) >= 11 is 1.69. The van der Waals surface area contributed by atoms with Crippen LogP contribution in [-0.2, 0) is 11.2 Å². The normalized spacial score (nSPS) is 27.4. The number of aryl methyl sites for hydroxylation is 1. The zero-order valence-electron chi connectivity index (χ0n) is 11.5. The monoisotopic (exact) mass is 282 g/mol. The second kappa shape index (κ2) is 5.77. The zero-order chi connectivity index (χ0) is 13.2. The lowest BCUT2D eigenvalue weighted by Crippen LogP contribution is -2.37. The number of anilines is 1. The molecule has 1 N–H and O–H groups in total. The first-order valence-corrected chi connectivity index (χ1v) is 8.01. The van der Waals surface area contributed by atoms with Crippen molar-refractivity contribution in [3.05, 3.63) is 10.6 Å². The molecule has 1 aromatic heterocycles. The molecule has 2 aliphatic rings. The van der Waals surface area contributed by atoms with Crippen LogP contribution in [0.2, 0.25) is 0 Å². The maximum absolute atomic E-state index is 10.0. The average Bonchev–Trinajstić information content (AvgIpc) is 2.85. The highest BCUT2D eigenvalue weighted by molar-refractivity contribution is 7.15. The molecular formula is C14H22N2O2S. The Morgan fingerprint density at radius 1 is 1.42 bits per heavy atom. The van der Waals surface area contributed by atoms with E-state index >= 15 is 0 Å². The Morgan fingerprint density at radius 3 is 3.11 bits per heavy atom. The highest BCUT2D eigenvalue weighted by Gasteiger charge is 2.27. The van der Waals surface area contributed by atoms with Gasteiger partial charge in [0.15, 0.2) is 5.13 Å². The molecule has 1 aromatic rings. The quantitative estimate of drug-likeness (QED) is 0.924. The highest BCUT2D eigenvalue weighted by Crippen LogP contribution is 2.38. The molecule has 1 aliphatic carbocycles. The van der Waals surface area contributed by atoms with Gasteiger partial charge in [-0.05, 0) is 38.0 Å². The Labute approximate surface area is 118 Å². The number of fused-ring (bicyclic) bond motifs is 1. The Bertz CT molecular complexity index is 433. The van der Waals surface area contributed by atoms with Crippen molar-refractivity contribution < 1.29 is 9.84 Å². The third-order valence-electron chi connectivity index (χ3n) is 4.10. The van der Waals surface area contributed by atoms with E-state index in [0.717, 1.165) is 54.7 Å². The second-order valence-electron chi connectivity index (χ2n) is 5.63. The first-order valence-electron chi connectivity index (χ1n) is 7.19. The molecule has 1 fully saturated rings. The van der Waals surface area contributed by atoms with Crippen molar-refractivity contribution in [1.82, 2.24) is 4.98 Å². The van der Waals surface area contributed by atoms with Gasteiger partial charge in [-0.2, -0.15) is 0 Å². The standard InChI is InChI=1S/C14H22N2O2S/c1-18-9-10-4-3-7-16(8-10)14-15-11-5-2-6-12(17)13(11)19-14/h10,12,17H,2-9H2,1H3. The van der Waals surface area contributed by atoms with Crippen LogP contribution < -0.4 is 4.90 Å². The topological polar surface area (TPSA) is 45.6 Å². The SMILES string of the molecule is COCC1CCCN(c2nc3c(s2)C(O)CCC3)C1. The molecule has 0 amide bonds. The maximum Gasteiger partial charge on any atom is 0.185 e. The average molecular weight is 282 g/mol. The lowest BCUT2D eigenvalue weighted by atomic mass is 9.99. The maximum atomic E-state index is 10.0. The predicted octanol–water partition coefficient (Wildman–Crippen LogP) is 2.38. The van der Waals surface area contributed by atoms with Crippen molar-refractivity contribution in [3.8, 4) is 0 Å².